The summed E-state index contributed by atoms with van der Waals surface area (Å²) in [5, 5.41) is 8.80. The Labute approximate surface area is 184 Å². The lowest BCUT2D eigenvalue weighted by atomic mass is 9.85. The monoisotopic (exact) mass is 452 g/mol. The predicted molar refractivity (Wildman–Crippen MR) is 113 cm³/mol. The van der Waals surface area contributed by atoms with E-state index in [1.54, 1.807) is 14.0 Å². The third-order valence-corrected chi connectivity index (χ3v) is 5.42. The maximum absolute atomic E-state index is 13.4. The quantitative estimate of drug-likeness (QED) is 0.591. The number of carbonyl (C=O) groups is 1. The lowest BCUT2D eigenvalue weighted by molar-refractivity contribution is -0.138. The molecule has 8 nitrogen and oxygen atoms in total. The molecule has 0 spiro atoms. The summed E-state index contributed by atoms with van der Waals surface area (Å²) in [6, 6.07) is 3.71. The van der Waals surface area contributed by atoms with Gasteiger partial charge in [-0.05, 0) is 43.9 Å². The highest BCUT2D eigenvalue weighted by molar-refractivity contribution is 5.78. The smallest absolute Gasteiger partial charge is 0.416 e. The van der Waals surface area contributed by atoms with Gasteiger partial charge < -0.3 is 20.7 Å². The van der Waals surface area contributed by atoms with Crippen LogP contribution in [-0.2, 0) is 17.5 Å². The molecule has 2 atom stereocenters. The average Bonchev–Trinajstić information content (AvgIpc) is 2.76. The van der Waals surface area contributed by atoms with Crippen LogP contribution in [0.15, 0.2) is 18.2 Å². The molecule has 1 heterocycles. The number of ether oxygens (including phenoxy) is 1. The molecule has 0 saturated heterocycles. The molecule has 0 aliphatic heterocycles. The fourth-order valence-corrected chi connectivity index (χ4v) is 3.83. The number of alkyl halides is 3. The minimum Gasteiger partial charge on any atom is -0.497 e. The van der Waals surface area contributed by atoms with Gasteiger partial charge in [-0.1, -0.05) is 12.5 Å². The lowest BCUT2D eigenvalue weighted by Crippen LogP contribution is -2.37. The van der Waals surface area contributed by atoms with Crippen molar-refractivity contribution in [3.63, 3.8) is 0 Å². The summed E-state index contributed by atoms with van der Waals surface area (Å²) < 4.78 is 45.1. The van der Waals surface area contributed by atoms with Gasteiger partial charge >= 0.3 is 6.18 Å². The van der Waals surface area contributed by atoms with Gasteiger partial charge in [-0.15, -0.1) is 0 Å². The van der Waals surface area contributed by atoms with Gasteiger partial charge in [0.1, 0.15) is 11.6 Å². The lowest BCUT2D eigenvalue weighted by Gasteiger charge is -2.29. The average molecular weight is 452 g/mol. The molecule has 0 bridgehead atoms. The third kappa shape index (κ3) is 5.98. The first-order valence-electron chi connectivity index (χ1n) is 10.4. The number of aryl methyl sites for hydroxylation is 1. The fraction of sp³-hybridized carbons (Fsp3) is 0.524. The maximum atomic E-state index is 13.4. The molecule has 1 aromatic heterocycles. The molecule has 0 radical (unpaired) electrons. The van der Waals surface area contributed by atoms with Gasteiger partial charge in [0.15, 0.2) is 0 Å². The summed E-state index contributed by atoms with van der Waals surface area (Å²) in [7, 11) is 3.02. The number of nitrogens with one attached hydrogen (secondary N) is 3. The largest absolute Gasteiger partial charge is 0.497 e. The molecule has 2 aromatic rings. The Morgan fingerprint density at radius 1 is 1.19 bits per heavy atom. The highest BCUT2D eigenvalue weighted by atomic mass is 19.4. The van der Waals surface area contributed by atoms with Crippen LogP contribution in [0, 0.1) is 12.8 Å². The van der Waals surface area contributed by atoms with E-state index in [0.717, 1.165) is 18.9 Å². The Hall–Kier alpha value is -3.11. The van der Waals surface area contributed by atoms with Crippen LogP contribution >= 0.6 is 0 Å². The fourth-order valence-electron chi connectivity index (χ4n) is 3.83. The number of methoxy groups -OCH3 is 1. The first kappa shape index (κ1) is 23.6. The van der Waals surface area contributed by atoms with Crippen LogP contribution in [0.5, 0.6) is 5.75 Å². The van der Waals surface area contributed by atoms with Gasteiger partial charge in [0.2, 0.25) is 17.8 Å². The molecule has 1 fully saturated rings. The molecule has 11 heteroatoms. The van der Waals surface area contributed by atoms with E-state index in [1.165, 1.54) is 19.2 Å². The Bertz CT molecular complexity index is 954. The van der Waals surface area contributed by atoms with Crippen LogP contribution in [0.3, 0.4) is 0 Å². The molecule has 1 aliphatic rings. The zero-order valence-corrected chi connectivity index (χ0v) is 18.2. The molecular formula is C21H27F3N6O2. The van der Waals surface area contributed by atoms with Gasteiger partial charge in [-0.25, -0.2) is 0 Å². The van der Waals surface area contributed by atoms with E-state index < -0.39 is 11.7 Å². The number of rotatable bonds is 7. The van der Waals surface area contributed by atoms with Gasteiger partial charge in [0.05, 0.1) is 12.7 Å². The minimum atomic E-state index is -4.54. The summed E-state index contributed by atoms with van der Waals surface area (Å²) in [5.41, 5.74) is -0.816. The molecule has 1 aliphatic carbocycles. The second-order valence-corrected chi connectivity index (χ2v) is 7.72. The molecular weight excluding hydrogens is 425 g/mol. The second-order valence-electron chi connectivity index (χ2n) is 7.72. The Morgan fingerprint density at radius 3 is 2.62 bits per heavy atom. The second kappa shape index (κ2) is 10.0. The molecule has 0 unspecified atom stereocenters. The van der Waals surface area contributed by atoms with E-state index in [0.29, 0.717) is 30.6 Å². The first-order valence-corrected chi connectivity index (χ1v) is 10.4. The van der Waals surface area contributed by atoms with Crippen LogP contribution in [0.4, 0.5) is 25.1 Å². The number of aromatic nitrogens is 3. The number of halogens is 3. The van der Waals surface area contributed by atoms with Crippen LogP contribution in [0.25, 0.3) is 0 Å². The van der Waals surface area contributed by atoms with Crippen molar-refractivity contribution in [3.05, 3.63) is 35.2 Å². The number of hydrogen-bond acceptors (Lipinski definition) is 7. The van der Waals surface area contributed by atoms with Crippen molar-refractivity contribution in [2.24, 2.45) is 5.92 Å². The topological polar surface area (TPSA) is 101 Å². The van der Waals surface area contributed by atoms with Gasteiger partial charge in [0.25, 0.3) is 0 Å². The van der Waals surface area contributed by atoms with E-state index in [4.69, 9.17) is 4.74 Å². The minimum absolute atomic E-state index is 0.00242. The van der Waals surface area contributed by atoms with E-state index in [-0.39, 0.29) is 35.7 Å². The standard InChI is InChI=1S/C21H27F3N6O2/c1-12-27-19(25-2)30-20(28-12)29-15-6-4-5-13(9-15)18(31)26-11-14-7-8-16(32-3)10-17(14)21(22,23)24/h7-8,10,13,15H,4-6,9,11H2,1-3H3,(H,26,31)(H2,25,27,28,29,30)/t13-,15+/m1/s1. The molecule has 32 heavy (non-hydrogen) atoms. The summed E-state index contributed by atoms with van der Waals surface area (Å²) in [6.07, 6.45) is -1.66. The Morgan fingerprint density at radius 2 is 1.94 bits per heavy atom. The predicted octanol–water partition coefficient (Wildman–Crippen LogP) is 3.54. The summed E-state index contributed by atoms with van der Waals surface area (Å²) in [4.78, 5) is 25.4. The number of carbonyl (C=O) groups excluding carboxylic acids is 1. The van der Waals surface area contributed by atoms with Crippen molar-refractivity contribution < 1.29 is 22.7 Å². The zero-order valence-electron chi connectivity index (χ0n) is 18.2. The van der Waals surface area contributed by atoms with Gasteiger partial charge in [0, 0.05) is 25.6 Å². The molecule has 1 amide bonds. The number of anilines is 2. The van der Waals surface area contributed by atoms with Crippen molar-refractivity contribution in [2.45, 2.75) is 51.4 Å². The Kier molecular flexibility index (Phi) is 7.37. The van der Waals surface area contributed by atoms with E-state index >= 15 is 0 Å². The molecule has 3 N–H and O–H groups in total. The van der Waals surface area contributed by atoms with Crippen LogP contribution < -0.4 is 20.7 Å². The van der Waals surface area contributed by atoms with Gasteiger partial charge in [-0.2, -0.15) is 28.1 Å². The first-order chi connectivity index (χ1) is 15.2. The normalized spacial score (nSPS) is 18.7. The Balaban J connectivity index is 1.62. The summed E-state index contributed by atoms with van der Waals surface area (Å²) in [6.45, 7) is 1.56. The number of hydrogen-bond donors (Lipinski definition) is 3. The number of nitrogens with zero attached hydrogens (tertiary/aromatic N) is 3. The summed E-state index contributed by atoms with van der Waals surface area (Å²) >= 11 is 0. The van der Waals surface area contributed by atoms with Crippen molar-refractivity contribution in [1.29, 1.82) is 0 Å². The summed E-state index contributed by atoms with van der Waals surface area (Å²) in [5.74, 6) is 0.996. The van der Waals surface area contributed by atoms with E-state index in [1.807, 2.05) is 0 Å². The molecule has 1 saturated carbocycles. The van der Waals surface area contributed by atoms with Gasteiger partial charge in [-0.3, -0.25) is 4.79 Å². The van der Waals surface area contributed by atoms with Crippen LogP contribution in [-0.4, -0.2) is 41.1 Å². The third-order valence-electron chi connectivity index (χ3n) is 5.42. The van der Waals surface area contributed by atoms with Crippen LogP contribution in [0.2, 0.25) is 0 Å². The highest BCUT2D eigenvalue weighted by Gasteiger charge is 2.34. The van der Waals surface area contributed by atoms with E-state index in [9.17, 15) is 18.0 Å². The molecule has 1 aromatic carbocycles. The number of benzene rings is 1. The highest BCUT2D eigenvalue weighted by Crippen LogP contribution is 2.34. The number of amides is 1. The SMILES string of the molecule is CNc1nc(C)nc(N[C@H]2CCC[C@@H](C(=O)NCc3ccc(OC)cc3C(F)(F)F)C2)n1. The van der Waals surface area contributed by atoms with Crippen LogP contribution in [0.1, 0.15) is 42.6 Å². The van der Waals surface area contributed by atoms with Crippen molar-refractivity contribution >= 4 is 17.8 Å². The molecule has 3 rings (SSSR count). The van der Waals surface area contributed by atoms with Crippen molar-refractivity contribution in [3.8, 4) is 5.75 Å². The molecule has 174 valence electrons. The van der Waals surface area contributed by atoms with Crippen molar-refractivity contribution in [1.82, 2.24) is 20.3 Å². The van der Waals surface area contributed by atoms with E-state index in [2.05, 4.69) is 30.9 Å². The van der Waals surface area contributed by atoms with Crippen molar-refractivity contribution in [2.75, 3.05) is 24.8 Å². The zero-order chi connectivity index (χ0) is 23.3. The maximum Gasteiger partial charge on any atom is 0.416 e.